The molecule has 25 heavy (non-hydrogen) atoms. The van der Waals surface area contributed by atoms with Crippen molar-refractivity contribution in [2.45, 2.75) is 46.1 Å². The number of urea groups is 1. The number of hydrogen-bond donors (Lipinski definition) is 1. The number of carbonyl (C=O) groups is 2. The van der Waals surface area contributed by atoms with Crippen molar-refractivity contribution in [1.29, 1.82) is 0 Å². The van der Waals surface area contributed by atoms with E-state index in [0.29, 0.717) is 19.0 Å². The molecule has 0 aliphatic carbocycles. The van der Waals surface area contributed by atoms with E-state index in [1.165, 1.54) is 5.56 Å². The van der Waals surface area contributed by atoms with Crippen LogP contribution in [0.4, 0.5) is 4.79 Å². The summed E-state index contributed by atoms with van der Waals surface area (Å²) in [5, 5.41) is 2.97. The lowest BCUT2D eigenvalue weighted by molar-refractivity contribution is -0.127. The smallest absolute Gasteiger partial charge is 0.317 e. The molecule has 0 unspecified atom stereocenters. The first kappa shape index (κ1) is 19.3. The summed E-state index contributed by atoms with van der Waals surface area (Å²) in [6.45, 7) is 10.9. The second-order valence-corrected chi connectivity index (χ2v) is 8.11. The number of carbonyl (C=O) groups excluding carboxylic acids is 2. The minimum absolute atomic E-state index is 0.0684. The molecule has 0 saturated carbocycles. The van der Waals surface area contributed by atoms with Crippen LogP contribution < -0.4 is 5.32 Å². The van der Waals surface area contributed by atoms with E-state index < -0.39 is 0 Å². The molecular weight excluding hydrogens is 314 g/mol. The maximum atomic E-state index is 12.3. The standard InChI is InChI=1S/C20H31N3O2/c1-15(24)23-11-10-17(14-23)13-22(5)19(25)21-12-16-6-8-18(9-7-16)20(2,3)4/h6-9,17H,10-14H2,1-5H3,(H,21,25)/t17-/m1/s1. The third-order valence-corrected chi connectivity index (χ3v) is 4.87. The predicted octanol–water partition coefficient (Wildman–Crippen LogP) is 2.99. The molecular formula is C20H31N3O2. The minimum atomic E-state index is -0.0684. The third kappa shape index (κ3) is 5.48. The third-order valence-electron chi connectivity index (χ3n) is 4.87. The average Bonchev–Trinajstić information content (AvgIpc) is 3.01. The first-order valence-electron chi connectivity index (χ1n) is 9.00. The van der Waals surface area contributed by atoms with Crippen molar-refractivity contribution in [1.82, 2.24) is 15.1 Å². The van der Waals surface area contributed by atoms with E-state index in [1.54, 1.807) is 11.8 Å². The number of hydrogen-bond acceptors (Lipinski definition) is 2. The van der Waals surface area contributed by atoms with Crippen molar-refractivity contribution in [2.24, 2.45) is 5.92 Å². The van der Waals surface area contributed by atoms with Crippen LogP contribution in [0.25, 0.3) is 0 Å². The Balaban J connectivity index is 1.79. The Morgan fingerprint density at radius 1 is 1.24 bits per heavy atom. The van der Waals surface area contributed by atoms with E-state index in [-0.39, 0.29) is 17.4 Å². The van der Waals surface area contributed by atoms with Gasteiger partial charge in [0.25, 0.3) is 0 Å². The molecule has 1 N–H and O–H groups in total. The van der Waals surface area contributed by atoms with Gasteiger partial charge < -0.3 is 15.1 Å². The van der Waals surface area contributed by atoms with E-state index in [1.807, 2.05) is 11.9 Å². The van der Waals surface area contributed by atoms with E-state index in [0.717, 1.165) is 25.1 Å². The van der Waals surface area contributed by atoms with Gasteiger partial charge in [0.2, 0.25) is 5.91 Å². The summed E-state index contributed by atoms with van der Waals surface area (Å²) >= 11 is 0. The van der Waals surface area contributed by atoms with Crippen LogP contribution >= 0.6 is 0 Å². The fourth-order valence-corrected chi connectivity index (χ4v) is 3.17. The van der Waals surface area contributed by atoms with E-state index in [2.05, 4.69) is 50.4 Å². The molecule has 1 aromatic carbocycles. The van der Waals surface area contributed by atoms with Crippen molar-refractivity contribution in [3.8, 4) is 0 Å². The second-order valence-electron chi connectivity index (χ2n) is 8.11. The van der Waals surface area contributed by atoms with Gasteiger partial charge in [0, 0.05) is 40.2 Å². The van der Waals surface area contributed by atoms with Crippen molar-refractivity contribution < 1.29 is 9.59 Å². The summed E-state index contributed by atoms with van der Waals surface area (Å²) in [6.07, 6.45) is 0.964. The van der Waals surface area contributed by atoms with Gasteiger partial charge in [-0.1, -0.05) is 45.0 Å². The molecule has 0 aromatic heterocycles. The maximum absolute atomic E-state index is 12.3. The van der Waals surface area contributed by atoms with Gasteiger partial charge in [-0.25, -0.2) is 4.79 Å². The largest absolute Gasteiger partial charge is 0.343 e. The first-order valence-corrected chi connectivity index (χ1v) is 9.00. The highest BCUT2D eigenvalue weighted by Gasteiger charge is 2.26. The topological polar surface area (TPSA) is 52.7 Å². The fourth-order valence-electron chi connectivity index (χ4n) is 3.17. The highest BCUT2D eigenvalue weighted by atomic mass is 16.2. The molecule has 0 radical (unpaired) electrons. The second kappa shape index (κ2) is 7.89. The van der Waals surface area contributed by atoms with Crippen molar-refractivity contribution >= 4 is 11.9 Å². The van der Waals surface area contributed by atoms with Crippen LogP contribution in [0.2, 0.25) is 0 Å². The van der Waals surface area contributed by atoms with Crippen LogP contribution in [0.5, 0.6) is 0 Å². The lowest BCUT2D eigenvalue weighted by Crippen LogP contribution is -2.40. The molecule has 138 valence electrons. The van der Waals surface area contributed by atoms with Crippen LogP contribution in [0.1, 0.15) is 45.2 Å². The van der Waals surface area contributed by atoms with Crippen LogP contribution in [0.15, 0.2) is 24.3 Å². The number of rotatable bonds is 4. The number of benzene rings is 1. The van der Waals surface area contributed by atoms with E-state index >= 15 is 0 Å². The van der Waals surface area contributed by atoms with Crippen LogP contribution in [-0.2, 0) is 16.8 Å². The Kier molecular flexibility index (Phi) is 6.09. The lowest BCUT2D eigenvalue weighted by Gasteiger charge is -2.22. The van der Waals surface area contributed by atoms with Gasteiger partial charge in [0.1, 0.15) is 0 Å². The van der Waals surface area contributed by atoms with Crippen molar-refractivity contribution in [3.05, 3.63) is 35.4 Å². The predicted molar refractivity (Wildman–Crippen MR) is 100 cm³/mol. The molecule has 1 aromatic rings. The zero-order valence-corrected chi connectivity index (χ0v) is 16.1. The van der Waals surface area contributed by atoms with Gasteiger partial charge >= 0.3 is 6.03 Å². The zero-order valence-electron chi connectivity index (χ0n) is 16.1. The molecule has 5 nitrogen and oxygen atoms in total. The Bertz CT molecular complexity index is 604. The average molecular weight is 345 g/mol. The number of likely N-dealkylation sites (tertiary alicyclic amines) is 1. The number of nitrogens with one attached hydrogen (secondary N) is 1. The van der Waals surface area contributed by atoms with Crippen LogP contribution in [0.3, 0.4) is 0 Å². The molecule has 1 saturated heterocycles. The molecule has 2 rings (SSSR count). The first-order chi connectivity index (χ1) is 11.7. The molecule has 1 fully saturated rings. The lowest BCUT2D eigenvalue weighted by atomic mass is 9.87. The zero-order chi connectivity index (χ0) is 18.6. The highest BCUT2D eigenvalue weighted by Crippen LogP contribution is 2.22. The molecule has 0 bridgehead atoms. The maximum Gasteiger partial charge on any atom is 0.317 e. The highest BCUT2D eigenvalue weighted by molar-refractivity contribution is 5.74. The Morgan fingerprint density at radius 3 is 2.40 bits per heavy atom. The normalized spacial score (nSPS) is 17.5. The fraction of sp³-hybridized carbons (Fsp3) is 0.600. The Labute approximate surface area is 151 Å². The summed E-state index contributed by atoms with van der Waals surface area (Å²) in [7, 11) is 1.81. The monoisotopic (exact) mass is 345 g/mol. The van der Waals surface area contributed by atoms with Gasteiger partial charge in [-0.2, -0.15) is 0 Å². The van der Waals surface area contributed by atoms with Crippen LogP contribution in [0, 0.1) is 5.92 Å². The molecule has 1 heterocycles. The Hall–Kier alpha value is -2.04. The van der Waals surface area contributed by atoms with E-state index in [4.69, 9.17) is 0 Å². The van der Waals surface area contributed by atoms with Crippen LogP contribution in [-0.4, -0.2) is 48.4 Å². The summed E-state index contributed by atoms with van der Waals surface area (Å²) in [6, 6.07) is 8.33. The van der Waals surface area contributed by atoms with Crippen molar-refractivity contribution in [3.63, 3.8) is 0 Å². The van der Waals surface area contributed by atoms with E-state index in [9.17, 15) is 9.59 Å². The van der Waals surface area contributed by atoms with Gasteiger partial charge in [0.15, 0.2) is 0 Å². The minimum Gasteiger partial charge on any atom is -0.343 e. The number of nitrogens with zero attached hydrogens (tertiary/aromatic N) is 2. The van der Waals surface area contributed by atoms with Gasteiger partial charge in [0.05, 0.1) is 0 Å². The summed E-state index contributed by atoms with van der Waals surface area (Å²) in [4.78, 5) is 27.2. The van der Waals surface area contributed by atoms with Crippen molar-refractivity contribution in [2.75, 3.05) is 26.7 Å². The SMILES string of the molecule is CC(=O)N1CC[C@H](CN(C)C(=O)NCc2ccc(C(C)(C)C)cc2)C1. The molecule has 1 atom stereocenters. The number of amides is 3. The summed E-state index contributed by atoms with van der Waals surface area (Å²) in [5.74, 6) is 0.485. The molecule has 1 aliphatic heterocycles. The van der Waals surface area contributed by atoms with Gasteiger partial charge in [-0.05, 0) is 28.9 Å². The Morgan fingerprint density at radius 2 is 1.88 bits per heavy atom. The molecule has 0 spiro atoms. The molecule has 3 amide bonds. The van der Waals surface area contributed by atoms with Gasteiger partial charge in [-0.3, -0.25) is 4.79 Å². The quantitative estimate of drug-likeness (QED) is 0.912. The summed E-state index contributed by atoms with van der Waals surface area (Å²) in [5.41, 5.74) is 2.52. The molecule has 5 heteroatoms. The summed E-state index contributed by atoms with van der Waals surface area (Å²) < 4.78 is 0. The van der Waals surface area contributed by atoms with Gasteiger partial charge in [-0.15, -0.1) is 0 Å². The molecule has 1 aliphatic rings.